The average molecular weight is 480 g/mol. The molecule has 2 atom stereocenters. The molecule has 2 aromatic rings. The predicted octanol–water partition coefficient (Wildman–Crippen LogP) is 3.15. The Morgan fingerprint density at radius 2 is 1.89 bits per heavy atom. The number of hydrazone groups is 1. The summed E-state index contributed by atoms with van der Waals surface area (Å²) >= 11 is 0. The first kappa shape index (κ1) is 24.9. The van der Waals surface area contributed by atoms with E-state index in [9.17, 15) is 9.59 Å². The molecule has 2 aliphatic heterocycles. The van der Waals surface area contributed by atoms with Crippen LogP contribution in [-0.4, -0.2) is 62.1 Å². The lowest BCUT2D eigenvalue weighted by molar-refractivity contribution is -0.145. The van der Waals surface area contributed by atoms with E-state index in [1.54, 1.807) is 30.5 Å². The number of esters is 1. The van der Waals surface area contributed by atoms with E-state index < -0.39 is 6.23 Å². The van der Waals surface area contributed by atoms with Crippen molar-refractivity contribution in [3.8, 4) is 5.75 Å². The van der Waals surface area contributed by atoms with Gasteiger partial charge in [0.2, 0.25) is 0 Å². The minimum atomic E-state index is -0.628. The summed E-state index contributed by atoms with van der Waals surface area (Å²) in [5.41, 5.74) is 9.17. The zero-order valence-corrected chi connectivity index (χ0v) is 20.2. The van der Waals surface area contributed by atoms with Gasteiger partial charge in [-0.3, -0.25) is 20.3 Å². The predicted molar refractivity (Wildman–Crippen MR) is 133 cm³/mol. The number of morpholine rings is 1. The molecular weight excluding hydrogens is 446 g/mol. The van der Waals surface area contributed by atoms with Gasteiger partial charge < -0.3 is 14.2 Å². The van der Waals surface area contributed by atoms with E-state index in [2.05, 4.69) is 5.10 Å². The lowest BCUT2D eigenvalue weighted by Crippen LogP contribution is -2.41. The summed E-state index contributed by atoms with van der Waals surface area (Å²) in [4.78, 5) is 25.2. The largest absolute Gasteiger partial charge is 0.475 e. The highest BCUT2D eigenvalue weighted by Crippen LogP contribution is 2.32. The molecule has 1 saturated heterocycles. The van der Waals surface area contributed by atoms with Crippen molar-refractivity contribution in [1.82, 2.24) is 5.01 Å². The molecule has 186 valence electrons. The van der Waals surface area contributed by atoms with Gasteiger partial charge in [0.15, 0.2) is 12.0 Å². The van der Waals surface area contributed by atoms with Crippen LogP contribution in [0.1, 0.15) is 53.2 Å². The van der Waals surface area contributed by atoms with Gasteiger partial charge in [-0.25, -0.2) is 0 Å². The summed E-state index contributed by atoms with van der Waals surface area (Å²) in [6.45, 7) is 5.41. The molecule has 0 bridgehead atoms. The molecule has 2 unspecified atom stereocenters. The number of hydrogen-bond donors (Lipinski definition) is 1. The third-order valence-corrected chi connectivity index (χ3v) is 6.26. The molecular formula is C27H33N3O5. The number of fused-ring (bicyclic) bond motifs is 1. The van der Waals surface area contributed by atoms with Crippen molar-refractivity contribution in [3.05, 3.63) is 64.7 Å². The van der Waals surface area contributed by atoms with Gasteiger partial charge in [-0.1, -0.05) is 49.7 Å². The molecule has 0 spiro atoms. The number of ketones is 1. The zero-order chi connectivity index (χ0) is 24.6. The van der Waals surface area contributed by atoms with E-state index in [1.807, 2.05) is 30.1 Å². The van der Waals surface area contributed by atoms with Gasteiger partial charge in [0.25, 0.3) is 0 Å². The summed E-state index contributed by atoms with van der Waals surface area (Å²) in [5, 5.41) is 6.44. The number of carbonyl (C=O) groups excluding carboxylic acids is 2. The van der Waals surface area contributed by atoms with Crippen LogP contribution in [-0.2, 0) is 20.7 Å². The molecule has 0 amide bonds. The molecule has 8 nitrogen and oxygen atoms in total. The second-order valence-corrected chi connectivity index (χ2v) is 8.91. The maximum absolute atomic E-state index is 13.1. The maximum atomic E-state index is 13.1. The van der Waals surface area contributed by atoms with Crippen LogP contribution in [0.5, 0.6) is 5.75 Å². The Hall–Kier alpha value is -3.23. The fourth-order valence-corrected chi connectivity index (χ4v) is 4.11. The van der Waals surface area contributed by atoms with Gasteiger partial charge in [0, 0.05) is 17.0 Å². The van der Waals surface area contributed by atoms with Gasteiger partial charge >= 0.3 is 5.97 Å². The van der Waals surface area contributed by atoms with Crippen molar-refractivity contribution in [2.75, 3.05) is 32.9 Å². The number of ether oxygens (including phenoxy) is 3. The summed E-state index contributed by atoms with van der Waals surface area (Å²) in [6.07, 6.45) is 3.81. The Bertz CT molecular complexity index is 1050. The number of carbonyl (C=O) groups is 2. The lowest BCUT2D eigenvalue weighted by atomic mass is 9.90. The Morgan fingerprint density at radius 1 is 1.14 bits per heavy atom. The van der Waals surface area contributed by atoms with Crippen LogP contribution < -0.4 is 10.5 Å². The van der Waals surface area contributed by atoms with Crippen molar-refractivity contribution in [3.63, 3.8) is 0 Å². The highest BCUT2D eigenvalue weighted by molar-refractivity contribution is 6.09. The van der Waals surface area contributed by atoms with Crippen LogP contribution in [0.25, 0.3) is 0 Å². The van der Waals surface area contributed by atoms with Gasteiger partial charge in [0.1, 0.15) is 5.75 Å². The first-order valence-electron chi connectivity index (χ1n) is 12.3. The standard InChI is InChI=1S/C27H33N3O5/c1-2-3-12-34-25(31)17-23-15-21-8-9-22(16-24(21)35-27(23)28)26(32)20-6-4-19(5-7-20)18-29-30-10-13-33-14-11-30/h4-9,16,18,23,27H,2-3,10-15,17,28H2,1H3. The van der Waals surface area contributed by atoms with Gasteiger partial charge in [-0.05, 0) is 30.0 Å². The Balaban J connectivity index is 1.37. The summed E-state index contributed by atoms with van der Waals surface area (Å²) in [7, 11) is 0. The van der Waals surface area contributed by atoms with E-state index in [-0.39, 0.29) is 24.1 Å². The second-order valence-electron chi connectivity index (χ2n) is 8.91. The molecule has 0 aliphatic carbocycles. The third kappa shape index (κ3) is 6.68. The van der Waals surface area contributed by atoms with E-state index in [1.165, 1.54) is 0 Å². The van der Waals surface area contributed by atoms with Crippen LogP contribution >= 0.6 is 0 Å². The molecule has 2 N–H and O–H groups in total. The molecule has 2 aliphatic rings. The van der Waals surface area contributed by atoms with Crippen molar-refractivity contribution in [2.24, 2.45) is 16.8 Å². The fraction of sp³-hybridized carbons (Fsp3) is 0.444. The number of rotatable bonds is 9. The van der Waals surface area contributed by atoms with Crippen molar-refractivity contribution in [1.29, 1.82) is 0 Å². The quantitative estimate of drug-likeness (QED) is 0.255. The van der Waals surface area contributed by atoms with Crippen LogP contribution in [0.2, 0.25) is 0 Å². The minimum Gasteiger partial charge on any atom is -0.475 e. The summed E-state index contributed by atoms with van der Waals surface area (Å²) in [5.74, 6) is 0.0810. The Morgan fingerprint density at radius 3 is 2.63 bits per heavy atom. The van der Waals surface area contributed by atoms with E-state index >= 15 is 0 Å². The molecule has 35 heavy (non-hydrogen) atoms. The molecule has 0 saturated carbocycles. The topological polar surface area (TPSA) is 103 Å². The van der Waals surface area contributed by atoms with Gasteiger partial charge in [-0.2, -0.15) is 5.10 Å². The van der Waals surface area contributed by atoms with Crippen LogP contribution in [0.3, 0.4) is 0 Å². The molecule has 0 aromatic heterocycles. The van der Waals surface area contributed by atoms with Crippen molar-refractivity contribution < 1.29 is 23.8 Å². The smallest absolute Gasteiger partial charge is 0.306 e. The second kappa shape index (κ2) is 12.0. The number of nitrogens with zero attached hydrogens (tertiary/aromatic N) is 2. The number of hydrogen-bond acceptors (Lipinski definition) is 8. The normalized spacial score (nSPS) is 19.8. The zero-order valence-electron chi connectivity index (χ0n) is 20.2. The molecule has 8 heteroatoms. The Labute approximate surface area is 206 Å². The van der Waals surface area contributed by atoms with Crippen molar-refractivity contribution in [2.45, 2.75) is 38.8 Å². The van der Waals surface area contributed by atoms with Gasteiger partial charge in [-0.15, -0.1) is 0 Å². The summed E-state index contributed by atoms with van der Waals surface area (Å²) < 4.78 is 16.5. The van der Waals surface area contributed by atoms with Crippen molar-refractivity contribution >= 4 is 18.0 Å². The first-order chi connectivity index (χ1) is 17.0. The lowest BCUT2D eigenvalue weighted by Gasteiger charge is -2.30. The molecule has 2 aromatic carbocycles. The van der Waals surface area contributed by atoms with Crippen LogP contribution in [0.4, 0.5) is 0 Å². The number of nitrogens with two attached hydrogens (primary N) is 1. The van der Waals surface area contributed by atoms with Gasteiger partial charge in [0.05, 0.1) is 45.5 Å². The molecule has 4 rings (SSSR count). The Kier molecular flexibility index (Phi) is 8.50. The van der Waals surface area contributed by atoms with E-state index in [0.29, 0.717) is 43.1 Å². The van der Waals surface area contributed by atoms with E-state index in [4.69, 9.17) is 19.9 Å². The number of unbranched alkanes of at least 4 members (excludes halogenated alkanes) is 1. The van der Waals surface area contributed by atoms with Crippen LogP contribution in [0, 0.1) is 5.92 Å². The maximum Gasteiger partial charge on any atom is 0.306 e. The SMILES string of the molecule is CCCCOC(=O)CC1Cc2ccc(C(=O)c3ccc(C=NN4CCOCC4)cc3)cc2OC1N. The monoisotopic (exact) mass is 479 g/mol. The summed E-state index contributed by atoms with van der Waals surface area (Å²) in [6, 6.07) is 12.8. The fourth-order valence-electron chi connectivity index (χ4n) is 4.11. The number of benzene rings is 2. The van der Waals surface area contributed by atoms with E-state index in [0.717, 1.165) is 37.1 Å². The highest BCUT2D eigenvalue weighted by atomic mass is 16.5. The molecule has 2 heterocycles. The average Bonchev–Trinajstić information content (AvgIpc) is 2.88. The molecule has 1 fully saturated rings. The first-order valence-corrected chi connectivity index (χ1v) is 12.3. The van der Waals surface area contributed by atoms with Crippen LogP contribution in [0.15, 0.2) is 47.6 Å². The third-order valence-electron chi connectivity index (χ3n) is 6.26. The minimum absolute atomic E-state index is 0.0942. The highest BCUT2D eigenvalue weighted by Gasteiger charge is 2.30. The molecule has 0 radical (unpaired) electrons.